The molecule has 0 aliphatic carbocycles. The van der Waals surface area contributed by atoms with Crippen molar-refractivity contribution in [1.29, 1.82) is 0 Å². The quantitative estimate of drug-likeness (QED) is 0.123. The van der Waals surface area contributed by atoms with E-state index in [0.717, 1.165) is 192 Å². The molecule has 7 aliphatic heterocycles. The molecule has 0 saturated carbocycles. The molecule has 0 spiro atoms. The number of carbonyl (C=O) groups excluding carboxylic acids is 5. The number of methoxy groups -OCH3 is 1. The maximum atomic E-state index is 12.4. The molecule has 3 atom stereocenters. The van der Waals surface area contributed by atoms with Gasteiger partial charge in [0, 0.05) is 128 Å². The summed E-state index contributed by atoms with van der Waals surface area (Å²) in [5, 5.41) is 8.92. The molecule has 15 nitrogen and oxygen atoms in total. The Kier molecular flexibility index (Phi) is 21.9. The smallest absolute Gasteiger partial charge is 0.305 e. The van der Waals surface area contributed by atoms with Crippen LogP contribution in [0.5, 0.6) is 0 Å². The topological polar surface area (TPSA) is 155 Å². The molecule has 3 aromatic rings. The number of ether oxygens (including phenoxy) is 1. The van der Waals surface area contributed by atoms with Crippen LogP contribution in [-0.4, -0.2) is 159 Å². The van der Waals surface area contributed by atoms with Crippen LogP contribution in [0, 0.1) is 17.8 Å². The third kappa shape index (κ3) is 16.9. The van der Waals surface area contributed by atoms with E-state index in [9.17, 15) is 28.8 Å². The van der Waals surface area contributed by atoms with Crippen molar-refractivity contribution < 1.29 is 38.6 Å². The van der Waals surface area contributed by atoms with Crippen LogP contribution < -0.4 is 14.7 Å². The minimum Gasteiger partial charge on any atom is -0.481 e. The van der Waals surface area contributed by atoms with Gasteiger partial charge in [-0.05, 0) is 162 Å². The summed E-state index contributed by atoms with van der Waals surface area (Å²) in [5.74, 6) is 1.49. The van der Waals surface area contributed by atoms with Gasteiger partial charge in [0.1, 0.15) is 0 Å². The molecular formula is C62H87N7O8. The van der Waals surface area contributed by atoms with Gasteiger partial charge in [-0.2, -0.15) is 0 Å². The molecule has 7 aliphatic rings. The Morgan fingerprint density at radius 3 is 1.18 bits per heavy atom. The van der Waals surface area contributed by atoms with E-state index in [2.05, 4.69) is 68.1 Å². The number of piperidine rings is 3. The number of hydrogen-bond donors (Lipinski definition) is 1. The van der Waals surface area contributed by atoms with Gasteiger partial charge in [0.2, 0.25) is 23.6 Å². The van der Waals surface area contributed by atoms with Crippen LogP contribution in [-0.2, 0) is 52.8 Å². The van der Waals surface area contributed by atoms with Crippen molar-refractivity contribution in [2.45, 2.75) is 128 Å². The normalized spacial score (nSPS) is 22.5. The third-order valence-corrected chi connectivity index (χ3v) is 17.1. The summed E-state index contributed by atoms with van der Waals surface area (Å²) in [7, 11) is 1.45. The predicted molar refractivity (Wildman–Crippen MR) is 302 cm³/mol. The summed E-state index contributed by atoms with van der Waals surface area (Å²) in [6.07, 6.45) is 18.1. The molecule has 1 N–H and O–H groups in total. The fourth-order valence-electron chi connectivity index (χ4n) is 12.7. The Labute approximate surface area is 458 Å². The van der Waals surface area contributed by atoms with Gasteiger partial charge in [-0.25, -0.2) is 0 Å². The lowest BCUT2D eigenvalue weighted by Crippen LogP contribution is -2.36. The molecule has 0 bridgehead atoms. The first kappa shape index (κ1) is 57.5. The molecular weight excluding hydrogens is 971 g/mol. The SMILES string of the molecule is COC(=O)CC1CCN(CCc2ccccc2N2CCCCC2=O)C1.O=C(CC1CCN(CCc2ccccc2N2CCCCC2=O)C1)N1CCCC1.O=C(O)CC1CCN(CCc2ccccc2N2CCCCC2=O)C1. The van der Waals surface area contributed by atoms with Crippen molar-refractivity contribution in [3.05, 3.63) is 89.5 Å². The summed E-state index contributed by atoms with van der Waals surface area (Å²) in [4.78, 5) is 86.7. The Bertz CT molecular complexity index is 2440. The maximum absolute atomic E-state index is 12.4. The summed E-state index contributed by atoms with van der Waals surface area (Å²) in [6.45, 7) is 13.3. The number of anilines is 3. The Morgan fingerprint density at radius 2 is 0.818 bits per heavy atom. The largest absolute Gasteiger partial charge is 0.481 e. The summed E-state index contributed by atoms with van der Waals surface area (Å²) in [5.41, 5.74) is 6.98. The van der Waals surface area contributed by atoms with E-state index in [0.29, 0.717) is 43.4 Å². The minimum absolute atomic E-state index is 0.110. The number of carboxylic acid groups (broad SMARTS) is 1. The van der Waals surface area contributed by atoms with Gasteiger partial charge in [-0.3, -0.25) is 28.8 Å². The van der Waals surface area contributed by atoms with E-state index in [4.69, 9.17) is 9.84 Å². The maximum Gasteiger partial charge on any atom is 0.305 e. The predicted octanol–water partition coefficient (Wildman–Crippen LogP) is 8.25. The van der Waals surface area contributed by atoms with E-state index in [1.54, 1.807) is 0 Å². The molecule has 418 valence electrons. The highest BCUT2D eigenvalue weighted by Crippen LogP contribution is 2.31. The Balaban J connectivity index is 0.000000153. The highest BCUT2D eigenvalue weighted by Gasteiger charge is 2.30. The average molecular weight is 1060 g/mol. The molecule has 7 heterocycles. The zero-order valence-electron chi connectivity index (χ0n) is 46.1. The van der Waals surface area contributed by atoms with Gasteiger partial charge >= 0.3 is 11.9 Å². The van der Waals surface area contributed by atoms with Crippen LogP contribution >= 0.6 is 0 Å². The fourth-order valence-corrected chi connectivity index (χ4v) is 12.7. The fraction of sp³-hybridized carbons (Fsp3) is 0.613. The van der Waals surface area contributed by atoms with Crippen LogP contribution in [0.3, 0.4) is 0 Å². The van der Waals surface area contributed by atoms with E-state index in [-0.39, 0.29) is 36.0 Å². The van der Waals surface area contributed by atoms with Gasteiger partial charge in [0.05, 0.1) is 7.11 Å². The highest BCUT2D eigenvalue weighted by atomic mass is 16.5. The molecule has 0 aromatic heterocycles. The zero-order chi connectivity index (χ0) is 53.9. The van der Waals surface area contributed by atoms with Gasteiger partial charge in [-0.1, -0.05) is 54.6 Å². The number of esters is 1. The van der Waals surface area contributed by atoms with E-state index in [1.165, 1.54) is 36.6 Å². The molecule has 3 aromatic carbocycles. The lowest BCUT2D eigenvalue weighted by atomic mass is 10.0. The summed E-state index contributed by atoms with van der Waals surface area (Å²) in [6, 6.07) is 24.9. The van der Waals surface area contributed by atoms with Crippen LogP contribution in [0.4, 0.5) is 17.1 Å². The van der Waals surface area contributed by atoms with Gasteiger partial charge < -0.3 is 44.1 Å². The number of likely N-dealkylation sites (tertiary alicyclic amines) is 4. The zero-order valence-corrected chi connectivity index (χ0v) is 46.1. The first-order chi connectivity index (χ1) is 37.5. The van der Waals surface area contributed by atoms with E-state index in [1.807, 2.05) is 39.0 Å². The molecule has 7 fully saturated rings. The molecule has 7 saturated heterocycles. The number of hydrogen-bond acceptors (Lipinski definition) is 10. The standard InChI is InChI=1S/C23H33N3O2.C20H28N2O3.C19H26N2O3/c27-22-9-3-4-14-26(22)21-8-2-1-7-20(21)11-16-24-15-10-19(18-24)17-23(28)25-12-5-6-13-25;1-25-20(24)14-16-9-12-21(15-16)13-10-17-6-2-3-7-18(17)22-11-5-4-8-19(22)23;22-18-7-3-4-10-21(18)17-6-2-1-5-16(17)9-12-20-11-8-15(14-20)13-19(23)24/h1-2,7-8,19H,3-6,9-18H2;2-3,6-7,16H,4-5,8-15H2,1H3;1-2,5-6,15H,3-4,7-14H2,(H,23,24). The monoisotopic (exact) mass is 1060 g/mol. The molecule has 77 heavy (non-hydrogen) atoms. The van der Waals surface area contributed by atoms with Crippen LogP contribution in [0.1, 0.15) is 126 Å². The number of benzene rings is 3. The second-order valence-electron chi connectivity index (χ2n) is 22.7. The van der Waals surface area contributed by atoms with Crippen LogP contribution in [0.2, 0.25) is 0 Å². The lowest BCUT2D eigenvalue weighted by Gasteiger charge is -2.29. The van der Waals surface area contributed by atoms with Crippen molar-refractivity contribution in [2.75, 3.05) is 113 Å². The van der Waals surface area contributed by atoms with E-state index < -0.39 is 5.97 Å². The van der Waals surface area contributed by atoms with Gasteiger partial charge in [0.25, 0.3) is 0 Å². The van der Waals surface area contributed by atoms with Gasteiger partial charge in [-0.15, -0.1) is 0 Å². The van der Waals surface area contributed by atoms with Crippen molar-refractivity contribution in [2.24, 2.45) is 17.8 Å². The van der Waals surface area contributed by atoms with Crippen molar-refractivity contribution in [1.82, 2.24) is 19.6 Å². The first-order valence-electron chi connectivity index (χ1n) is 29.4. The number of rotatable bonds is 18. The number of aliphatic carboxylic acids is 1. The summed E-state index contributed by atoms with van der Waals surface area (Å²) >= 11 is 0. The number of nitrogens with zero attached hydrogens (tertiary/aromatic N) is 7. The number of carboxylic acids is 1. The number of para-hydroxylation sites is 3. The van der Waals surface area contributed by atoms with Crippen molar-refractivity contribution >= 4 is 52.6 Å². The second kappa shape index (κ2) is 29.4. The van der Waals surface area contributed by atoms with E-state index >= 15 is 0 Å². The summed E-state index contributed by atoms with van der Waals surface area (Å²) < 4.78 is 4.77. The molecule has 0 radical (unpaired) electrons. The van der Waals surface area contributed by atoms with Gasteiger partial charge in [0.15, 0.2) is 0 Å². The molecule has 10 rings (SSSR count). The third-order valence-electron chi connectivity index (χ3n) is 17.1. The van der Waals surface area contributed by atoms with Crippen LogP contribution in [0.25, 0.3) is 0 Å². The average Bonchev–Trinajstić information content (AvgIpc) is 4.31. The number of carbonyl (C=O) groups is 6. The first-order valence-corrected chi connectivity index (χ1v) is 29.4. The second-order valence-corrected chi connectivity index (χ2v) is 22.7. The Hall–Kier alpha value is -5.64. The Morgan fingerprint density at radius 1 is 0.468 bits per heavy atom. The van der Waals surface area contributed by atoms with Crippen LogP contribution in [0.15, 0.2) is 72.8 Å². The molecule has 15 heteroatoms. The molecule has 4 amide bonds. The highest BCUT2D eigenvalue weighted by molar-refractivity contribution is 5.96. The minimum atomic E-state index is -0.698. The molecule has 3 unspecified atom stereocenters. The van der Waals surface area contributed by atoms with Crippen molar-refractivity contribution in [3.8, 4) is 0 Å². The number of amides is 4. The lowest BCUT2D eigenvalue weighted by molar-refractivity contribution is -0.141. The van der Waals surface area contributed by atoms with Crippen molar-refractivity contribution in [3.63, 3.8) is 0 Å².